The third-order valence-corrected chi connectivity index (χ3v) is 10.7. The molecule has 30 heavy (non-hydrogen) atoms. The predicted octanol–water partition coefficient (Wildman–Crippen LogP) is 2.43. The van der Waals surface area contributed by atoms with E-state index in [9.17, 15) is 8.42 Å². The highest BCUT2D eigenvalue weighted by atomic mass is 32.2. The number of rotatable bonds is 10. The Labute approximate surface area is 181 Å². The van der Waals surface area contributed by atoms with Crippen LogP contribution in [0.1, 0.15) is 27.7 Å². The van der Waals surface area contributed by atoms with Crippen molar-refractivity contribution in [3.8, 4) is 0 Å². The lowest BCUT2D eigenvalue weighted by molar-refractivity contribution is 0.0434. The minimum atomic E-state index is -4.14. The molecule has 0 aliphatic rings. The van der Waals surface area contributed by atoms with Crippen molar-refractivity contribution >= 4 is 29.0 Å². The monoisotopic (exact) mass is 451 g/mol. The molecule has 2 aromatic carbocycles. The van der Waals surface area contributed by atoms with Crippen LogP contribution in [0.25, 0.3) is 0 Å². The Morgan fingerprint density at radius 2 is 1.40 bits per heavy atom. The first-order valence-electron chi connectivity index (χ1n) is 9.96. The van der Waals surface area contributed by atoms with Gasteiger partial charge in [0.2, 0.25) is 0 Å². The van der Waals surface area contributed by atoms with Gasteiger partial charge in [0.15, 0.2) is 0 Å². The summed E-state index contributed by atoms with van der Waals surface area (Å²) >= 11 is 0. The van der Waals surface area contributed by atoms with E-state index in [1.165, 1.54) is 0 Å². The smallest absolute Gasteiger partial charge is 0.333 e. The second-order valence-electron chi connectivity index (χ2n) is 8.53. The highest BCUT2D eigenvalue weighted by Gasteiger charge is 2.50. The standard InChI is InChI=1S/C22H33NO5SSi/c1-18(16-26-5)21(28-29(23,24)25)17-27-30(22(2,3)4,19-12-8-6-9-13-19)20-14-10-7-11-15-20/h6-15,18,21H,16-17H2,1-5H3,(H2,23,24,25)/t18-,21+/m1/s1. The number of methoxy groups -OCH3 is 1. The van der Waals surface area contributed by atoms with Gasteiger partial charge in [-0.05, 0) is 15.4 Å². The summed E-state index contributed by atoms with van der Waals surface area (Å²) in [7, 11) is -5.39. The molecule has 0 spiro atoms. The second-order valence-corrected chi connectivity index (χ2v) is 14.0. The topological polar surface area (TPSA) is 87.8 Å². The van der Waals surface area contributed by atoms with Gasteiger partial charge in [-0.25, -0.2) is 5.14 Å². The van der Waals surface area contributed by atoms with E-state index in [0.717, 1.165) is 10.4 Å². The average molecular weight is 452 g/mol. The summed E-state index contributed by atoms with van der Waals surface area (Å²) in [6.45, 7) is 8.74. The number of benzene rings is 2. The van der Waals surface area contributed by atoms with Crippen LogP contribution in [0.3, 0.4) is 0 Å². The molecule has 8 heteroatoms. The Hall–Kier alpha value is -1.55. The van der Waals surface area contributed by atoms with Crippen LogP contribution < -0.4 is 15.5 Å². The first kappa shape index (κ1) is 24.7. The summed E-state index contributed by atoms with van der Waals surface area (Å²) in [5, 5.41) is 7.17. The third-order valence-electron chi connectivity index (χ3n) is 5.20. The van der Waals surface area contributed by atoms with E-state index >= 15 is 0 Å². The molecule has 0 bridgehead atoms. The summed E-state index contributed by atoms with van der Waals surface area (Å²) in [4.78, 5) is 0. The van der Waals surface area contributed by atoms with Gasteiger partial charge in [0, 0.05) is 13.0 Å². The summed E-state index contributed by atoms with van der Waals surface area (Å²) in [6, 6.07) is 20.3. The molecule has 0 fully saturated rings. The van der Waals surface area contributed by atoms with Crippen LogP contribution >= 0.6 is 0 Å². The molecule has 0 saturated heterocycles. The van der Waals surface area contributed by atoms with E-state index in [-0.39, 0.29) is 17.6 Å². The van der Waals surface area contributed by atoms with E-state index in [2.05, 4.69) is 45.0 Å². The molecule has 2 rings (SSSR count). The molecule has 0 radical (unpaired) electrons. The maximum absolute atomic E-state index is 11.7. The van der Waals surface area contributed by atoms with Crippen LogP contribution in [0, 0.1) is 5.92 Å². The van der Waals surface area contributed by atoms with Gasteiger partial charge in [-0.3, -0.25) is 4.18 Å². The molecule has 0 amide bonds. The molecule has 2 atom stereocenters. The van der Waals surface area contributed by atoms with Crippen LogP contribution in [0.2, 0.25) is 5.04 Å². The van der Waals surface area contributed by atoms with Crippen LogP contribution in [0.15, 0.2) is 60.7 Å². The van der Waals surface area contributed by atoms with Crippen molar-refractivity contribution in [2.75, 3.05) is 20.3 Å². The first-order chi connectivity index (χ1) is 14.0. The molecule has 2 N–H and O–H groups in total. The SMILES string of the molecule is COC[C@@H](C)[C@H](CO[Si](c1ccccc1)(c1ccccc1)C(C)(C)C)OS(N)(=O)=O. The highest BCUT2D eigenvalue weighted by Crippen LogP contribution is 2.37. The molecule has 166 valence electrons. The second kappa shape index (κ2) is 10.2. The lowest BCUT2D eigenvalue weighted by Crippen LogP contribution is -2.67. The minimum Gasteiger partial charge on any atom is -0.405 e. The fourth-order valence-corrected chi connectivity index (χ4v) is 8.96. The summed E-state index contributed by atoms with van der Waals surface area (Å²) in [6.07, 6.45) is -0.762. The molecule has 0 heterocycles. The lowest BCUT2D eigenvalue weighted by Gasteiger charge is -2.43. The van der Waals surface area contributed by atoms with Crippen LogP contribution in [0.5, 0.6) is 0 Å². The lowest BCUT2D eigenvalue weighted by atomic mass is 10.1. The quantitative estimate of drug-likeness (QED) is 0.561. The zero-order valence-electron chi connectivity index (χ0n) is 18.4. The minimum absolute atomic E-state index is 0.0776. The van der Waals surface area contributed by atoms with Gasteiger partial charge in [0.1, 0.15) is 6.10 Å². The summed E-state index contributed by atoms with van der Waals surface area (Å²) in [5.74, 6) is -0.230. The number of hydrogen-bond donors (Lipinski definition) is 1. The van der Waals surface area contributed by atoms with Gasteiger partial charge in [-0.1, -0.05) is 88.4 Å². The Bertz CT molecular complexity index is 845. The number of ether oxygens (including phenoxy) is 1. The van der Waals surface area contributed by atoms with Gasteiger partial charge in [-0.2, -0.15) is 8.42 Å². The van der Waals surface area contributed by atoms with Crippen molar-refractivity contribution in [2.45, 2.75) is 38.8 Å². The van der Waals surface area contributed by atoms with Crippen LogP contribution in [-0.2, 0) is 23.7 Å². The zero-order valence-corrected chi connectivity index (χ0v) is 20.2. The Morgan fingerprint density at radius 3 is 1.77 bits per heavy atom. The van der Waals surface area contributed by atoms with Gasteiger partial charge >= 0.3 is 10.3 Å². The van der Waals surface area contributed by atoms with Crippen molar-refractivity contribution in [1.82, 2.24) is 0 Å². The molecule has 6 nitrogen and oxygen atoms in total. The highest BCUT2D eigenvalue weighted by molar-refractivity contribution is 7.84. The van der Waals surface area contributed by atoms with Gasteiger partial charge < -0.3 is 9.16 Å². The molecular weight excluding hydrogens is 418 g/mol. The van der Waals surface area contributed by atoms with Gasteiger partial charge in [-0.15, -0.1) is 0 Å². The maximum atomic E-state index is 11.7. The summed E-state index contributed by atoms with van der Waals surface area (Å²) in [5.41, 5.74) is 0. The Kier molecular flexibility index (Phi) is 8.38. The number of hydrogen-bond acceptors (Lipinski definition) is 5. The van der Waals surface area contributed by atoms with E-state index in [1.54, 1.807) is 7.11 Å². The zero-order chi connectivity index (χ0) is 22.4. The largest absolute Gasteiger partial charge is 0.405 e. The van der Waals surface area contributed by atoms with Gasteiger partial charge in [0.25, 0.3) is 8.32 Å². The van der Waals surface area contributed by atoms with Crippen LogP contribution in [0.4, 0.5) is 0 Å². The van der Waals surface area contributed by atoms with Crippen molar-refractivity contribution in [1.29, 1.82) is 0 Å². The molecule has 0 aromatic heterocycles. The normalized spacial score (nSPS) is 15.0. The fourth-order valence-electron chi connectivity index (χ4n) is 3.80. The average Bonchev–Trinajstić information content (AvgIpc) is 2.67. The number of nitrogens with two attached hydrogens (primary N) is 1. The Balaban J connectivity index is 2.54. The van der Waals surface area contributed by atoms with Crippen LogP contribution in [-0.4, -0.2) is 43.2 Å². The predicted molar refractivity (Wildman–Crippen MR) is 123 cm³/mol. The van der Waals surface area contributed by atoms with Gasteiger partial charge in [0.05, 0.1) is 13.2 Å². The van der Waals surface area contributed by atoms with Crippen molar-refractivity contribution in [3.05, 3.63) is 60.7 Å². The summed E-state index contributed by atoms with van der Waals surface area (Å²) < 4.78 is 40.6. The molecule has 0 aliphatic carbocycles. The van der Waals surface area contributed by atoms with E-state index in [0.29, 0.717) is 6.61 Å². The molecule has 0 unspecified atom stereocenters. The van der Waals surface area contributed by atoms with Crippen molar-refractivity contribution in [2.24, 2.45) is 11.1 Å². The molecule has 2 aromatic rings. The first-order valence-corrected chi connectivity index (χ1v) is 13.3. The van der Waals surface area contributed by atoms with E-state index in [1.807, 2.05) is 43.3 Å². The molecular formula is C22H33NO5SSi. The molecule has 0 aliphatic heterocycles. The molecule has 0 saturated carbocycles. The Morgan fingerprint density at radius 1 is 0.933 bits per heavy atom. The fraction of sp³-hybridized carbons (Fsp3) is 0.455. The maximum Gasteiger partial charge on any atom is 0.333 e. The van der Waals surface area contributed by atoms with Crippen molar-refractivity contribution < 1.29 is 21.8 Å². The van der Waals surface area contributed by atoms with Crippen molar-refractivity contribution in [3.63, 3.8) is 0 Å². The van der Waals surface area contributed by atoms with E-state index in [4.69, 9.17) is 18.5 Å². The van der Waals surface area contributed by atoms with E-state index < -0.39 is 24.7 Å². The third kappa shape index (κ3) is 6.00.